The van der Waals surface area contributed by atoms with Gasteiger partial charge in [0.25, 0.3) is 0 Å². The molecule has 0 radical (unpaired) electrons. The number of aliphatic hydroxyl groups excluding tert-OH is 4. The first-order chi connectivity index (χ1) is 13.6. The Balaban J connectivity index is 1.76. The Morgan fingerprint density at radius 2 is 1.96 bits per heavy atom. The van der Waals surface area contributed by atoms with Gasteiger partial charge in [-0.25, -0.2) is 14.6 Å². The molecule has 1 saturated heterocycles. The van der Waals surface area contributed by atoms with Crippen LogP contribution in [-0.2, 0) is 4.74 Å². The largest absolute Gasteiger partial charge is 0.394 e. The second kappa shape index (κ2) is 7.98. The van der Waals surface area contributed by atoms with Gasteiger partial charge in [-0.1, -0.05) is 18.8 Å². The summed E-state index contributed by atoms with van der Waals surface area (Å²) in [6.07, 6.45) is 1.57. The van der Waals surface area contributed by atoms with Crippen molar-refractivity contribution in [3.63, 3.8) is 0 Å². The van der Waals surface area contributed by atoms with Crippen molar-refractivity contribution in [1.29, 1.82) is 0 Å². The van der Waals surface area contributed by atoms with Crippen LogP contribution in [0, 0.1) is 11.8 Å². The van der Waals surface area contributed by atoms with Gasteiger partial charge in [0.05, 0.1) is 18.2 Å². The number of anilines is 1. The average Bonchev–Trinajstić information content (AvgIpc) is 3.41. The molecule has 2 aromatic rings. The fraction of sp³-hybridized carbons (Fsp3) is 0.611. The van der Waals surface area contributed by atoms with Gasteiger partial charge in [0.1, 0.15) is 30.7 Å². The molecule has 1 aliphatic heterocycles. The molecular formula is C18H23N5O5. The molecule has 0 bridgehead atoms. The van der Waals surface area contributed by atoms with Crippen LogP contribution in [0.25, 0.3) is 11.0 Å². The van der Waals surface area contributed by atoms with E-state index >= 15 is 0 Å². The summed E-state index contributed by atoms with van der Waals surface area (Å²) in [4.78, 5) is 8.85. The van der Waals surface area contributed by atoms with E-state index in [0.29, 0.717) is 22.9 Å². The Morgan fingerprint density at radius 1 is 1.18 bits per heavy atom. The molecule has 1 saturated carbocycles. The molecule has 3 heterocycles. The second-order valence-corrected chi connectivity index (χ2v) is 7.04. The van der Waals surface area contributed by atoms with Crippen LogP contribution in [-0.4, -0.2) is 77.7 Å². The van der Waals surface area contributed by atoms with Gasteiger partial charge < -0.3 is 30.5 Å². The first-order valence-corrected chi connectivity index (χ1v) is 9.36. The summed E-state index contributed by atoms with van der Waals surface area (Å²) in [6, 6.07) is 0.300. The molecule has 2 aromatic heterocycles. The van der Waals surface area contributed by atoms with E-state index in [-0.39, 0.29) is 12.4 Å². The number of aromatic nitrogens is 4. The molecule has 28 heavy (non-hydrogen) atoms. The van der Waals surface area contributed by atoms with E-state index in [2.05, 4.69) is 32.2 Å². The summed E-state index contributed by atoms with van der Waals surface area (Å²) in [5.74, 6) is 6.02. The number of ether oxygens (including phenoxy) is 1. The SMILES string of the molecule is OCC#Cc1nc(NC2CCCC2)c2cnn([C@@H]3O[C@H](CO)[C@@H](O)[C@H]3O)c2n1. The first-order valence-electron chi connectivity index (χ1n) is 9.36. The van der Waals surface area contributed by atoms with Gasteiger partial charge in [0.15, 0.2) is 11.9 Å². The van der Waals surface area contributed by atoms with Gasteiger partial charge in [0, 0.05) is 6.04 Å². The van der Waals surface area contributed by atoms with Crippen molar-refractivity contribution in [3.05, 3.63) is 12.0 Å². The minimum atomic E-state index is -1.27. The molecule has 1 aliphatic carbocycles. The van der Waals surface area contributed by atoms with Gasteiger partial charge in [-0.15, -0.1) is 0 Å². The third-order valence-electron chi connectivity index (χ3n) is 5.19. The van der Waals surface area contributed by atoms with Crippen LogP contribution < -0.4 is 5.32 Å². The molecule has 4 atom stereocenters. The maximum absolute atomic E-state index is 10.3. The van der Waals surface area contributed by atoms with Crippen molar-refractivity contribution in [2.24, 2.45) is 0 Å². The zero-order chi connectivity index (χ0) is 19.7. The van der Waals surface area contributed by atoms with Crippen LogP contribution in [0.4, 0.5) is 5.82 Å². The van der Waals surface area contributed by atoms with Gasteiger partial charge >= 0.3 is 0 Å². The van der Waals surface area contributed by atoms with E-state index in [1.165, 1.54) is 4.68 Å². The van der Waals surface area contributed by atoms with Crippen LogP contribution in [0.15, 0.2) is 6.20 Å². The number of nitrogens with one attached hydrogen (secondary N) is 1. The number of hydrogen-bond acceptors (Lipinski definition) is 9. The predicted molar refractivity (Wildman–Crippen MR) is 98.2 cm³/mol. The average molecular weight is 389 g/mol. The van der Waals surface area contributed by atoms with Crippen LogP contribution in [0.3, 0.4) is 0 Å². The lowest BCUT2D eigenvalue weighted by atomic mass is 10.1. The van der Waals surface area contributed by atoms with Crippen LogP contribution in [0.2, 0.25) is 0 Å². The maximum Gasteiger partial charge on any atom is 0.208 e. The first kappa shape index (κ1) is 19.0. The normalized spacial score (nSPS) is 27.9. The van der Waals surface area contributed by atoms with Crippen molar-refractivity contribution < 1.29 is 25.2 Å². The summed E-state index contributed by atoms with van der Waals surface area (Å²) < 4.78 is 6.94. The molecule has 0 amide bonds. The Bertz CT molecular complexity index is 901. The minimum Gasteiger partial charge on any atom is -0.394 e. The fourth-order valence-corrected chi connectivity index (χ4v) is 3.74. The third-order valence-corrected chi connectivity index (χ3v) is 5.19. The Kier molecular flexibility index (Phi) is 5.43. The number of rotatable bonds is 4. The molecular weight excluding hydrogens is 366 g/mol. The van der Waals surface area contributed by atoms with E-state index in [9.17, 15) is 15.3 Å². The second-order valence-electron chi connectivity index (χ2n) is 7.04. The third kappa shape index (κ3) is 3.43. The van der Waals surface area contributed by atoms with Gasteiger partial charge in [-0.2, -0.15) is 5.10 Å². The lowest BCUT2D eigenvalue weighted by molar-refractivity contribution is -0.0566. The zero-order valence-electron chi connectivity index (χ0n) is 15.2. The highest BCUT2D eigenvalue weighted by atomic mass is 16.6. The molecule has 0 aromatic carbocycles. The smallest absolute Gasteiger partial charge is 0.208 e. The number of nitrogens with zero attached hydrogens (tertiary/aromatic N) is 4. The Labute approximate surface area is 161 Å². The number of aliphatic hydroxyl groups is 4. The van der Waals surface area contributed by atoms with Crippen LogP contribution in [0.1, 0.15) is 37.7 Å². The summed E-state index contributed by atoms with van der Waals surface area (Å²) in [5, 5.41) is 47.0. The minimum absolute atomic E-state index is 0.204. The molecule has 150 valence electrons. The monoisotopic (exact) mass is 389 g/mol. The lowest BCUT2D eigenvalue weighted by Gasteiger charge is -2.17. The fourth-order valence-electron chi connectivity index (χ4n) is 3.74. The Morgan fingerprint density at radius 3 is 2.64 bits per heavy atom. The molecule has 0 unspecified atom stereocenters. The molecule has 10 nitrogen and oxygen atoms in total. The molecule has 0 spiro atoms. The van der Waals surface area contributed by atoms with E-state index in [0.717, 1.165) is 25.7 Å². The number of fused-ring (bicyclic) bond motifs is 1. The summed E-state index contributed by atoms with van der Waals surface area (Å²) in [6.45, 7) is -0.745. The van der Waals surface area contributed by atoms with E-state index in [1.54, 1.807) is 6.20 Å². The number of hydrogen-bond donors (Lipinski definition) is 5. The predicted octanol–water partition coefficient (Wildman–Crippen LogP) is -0.864. The zero-order valence-corrected chi connectivity index (χ0v) is 15.2. The quantitative estimate of drug-likeness (QED) is 0.421. The van der Waals surface area contributed by atoms with Crippen molar-refractivity contribution in [1.82, 2.24) is 19.7 Å². The van der Waals surface area contributed by atoms with Gasteiger partial charge in [0.2, 0.25) is 5.82 Å². The van der Waals surface area contributed by atoms with E-state index < -0.39 is 31.1 Å². The van der Waals surface area contributed by atoms with Crippen molar-refractivity contribution >= 4 is 16.9 Å². The van der Waals surface area contributed by atoms with Crippen molar-refractivity contribution in [2.75, 3.05) is 18.5 Å². The van der Waals surface area contributed by atoms with Crippen molar-refractivity contribution in [2.45, 2.75) is 56.3 Å². The summed E-state index contributed by atoms with van der Waals surface area (Å²) >= 11 is 0. The summed E-state index contributed by atoms with van der Waals surface area (Å²) in [5.41, 5.74) is 0.382. The molecule has 4 rings (SSSR count). The van der Waals surface area contributed by atoms with E-state index in [1.807, 2.05) is 0 Å². The highest BCUT2D eigenvalue weighted by Gasteiger charge is 2.44. The molecule has 2 aliphatic rings. The van der Waals surface area contributed by atoms with Crippen LogP contribution >= 0.6 is 0 Å². The molecule has 10 heteroatoms. The highest BCUT2D eigenvalue weighted by molar-refractivity contribution is 5.87. The van der Waals surface area contributed by atoms with E-state index in [4.69, 9.17) is 9.84 Å². The summed E-state index contributed by atoms with van der Waals surface area (Å²) in [7, 11) is 0. The Hall–Kier alpha value is -2.29. The highest BCUT2D eigenvalue weighted by Crippen LogP contribution is 2.33. The topological polar surface area (TPSA) is 146 Å². The van der Waals surface area contributed by atoms with Crippen LogP contribution in [0.5, 0.6) is 0 Å². The lowest BCUT2D eigenvalue weighted by Crippen LogP contribution is -2.33. The maximum atomic E-state index is 10.3. The van der Waals surface area contributed by atoms with Gasteiger partial charge in [-0.05, 0) is 18.8 Å². The van der Waals surface area contributed by atoms with Gasteiger partial charge in [-0.3, -0.25) is 0 Å². The molecule has 5 N–H and O–H groups in total. The molecule has 2 fully saturated rings. The standard InChI is InChI=1S/C18H23N5O5/c24-7-3-6-13-21-16(20-10-4-1-2-5-10)11-8-19-23(17(11)22-13)18-15(27)14(26)12(9-25)28-18/h8,10,12,14-15,18,24-27H,1-2,4-5,7,9H2,(H,20,21,22)/t12-,14-,15-,18-/m1/s1. The van der Waals surface area contributed by atoms with Crippen molar-refractivity contribution in [3.8, 4) is 11.8 Å².